The lowest BCUT2D eigenvalue weighted by atomic mass is 10.1. The van der Waals surface area contributed by atoms with Gasteiger partial charge in [0.05, 0.1) is 17.8 Å². The first-order chi connectivity index (χ1) is 16.0. The Morgan fingerprint density at radius 3 is 1.85 bits per heavy atom. The number of hydrogen-bond acceptors (Lipinski definition) is 3. The van der Waals surface area contributed by atoms with Gasteiger partial charge in [-0.2, -0.15) is 5.10 Å². The number of aryl methyl sites for hydroxylation is 1. The molecule has 0 aliphatic heterocycles. The van der Waals surface area contributed by atoms with Crippen LogP contribution in [0.5, 0.6) is 0 Å². The van der Waals surface area contributed by atoms with E-state index in [0.717, 1.165) is 22.6 Å². The molecule has 0 aliphatic carbocycles. The van der Waals surface area contributed by atoms with Crippen LogP contribution in [0.15, 0.2) is 84.9 Å². The third kappa shape index (κ3) is 5.46. The molecule has 0 fully saturated rings. The van der Waals surface area contributed by atoms with Crippen LogP contribution in [0.3, 0.4) is 0 Å². The Morgan fingerprint density at radius 2 is 1.24 bits per heavy atom. The molecule has 0 bridgehead atoms. The standard InChI is InChI=1S/C26H25N5O2/c1-18-24(19(2)31(30-18)23-11-7-4-8-12-23)17-25(32)27-21-13-15-22(16-14-21)29-26(33)28-20-9-5-3-6-10-20/h3-16H,17H2,1-2H3,(H,27,32)(H2,28,29,33). The van der Waals surface area contributed by atoms with Gasteiger partial charge in [0.2, 0.25) is 5.91 Å². The van der Waals surface area contributed by atoms with E-state index in [-0.39, 0.29) is 18.4 Å². The number of hydrogen-bond donors (Lipinski definition) is 3. The number of nitrogens with zero attached hydrogens (tertiary/aromatic N) is 2. The molecule has 0 spiro atoms. The molecule has 0 aliphatic rings. The van der Waals surface area contributed by atoms with Gasteiger partial charge >= 0.3 is 6.03 Å². The molecular formula is C26H25N5O2. The van der Waals surface area contributed by atoms with Crippen molar-refractivity contribution in [3.05, 3.63) is 102 Å². The molecule has 7 heteroatoms. The van der Waals surface area contributed by atoms with Gasteiger partial charge in [-0.05, 0) is 62.4 Å². The number of para-hydroxylation sites is 2. The van der Waals surface area contributed by atoms with Crippen molar-refractivity contribution in [1.29, 1.82) is 0 Å². The highest BCUT2D eigenvalue weighted by Gasteiger charge is 2.16. The maximum atomic E-state index is 12.7. The van der Waals surface area contributed by atoms with E-state index >= 15 is 0 Å². The van der Waals surface area contributed by atoms with E-state index in [0.29, 0.717) is 17.1 Å². The Labute approximate surface area is 192 Å². The molecule has 7 nitrogen and oxygen atoms in total. The Balaban J connectivity index is 1.36. The van der Waals surface area contributed by atoms with Gasteiger partial charge in [0.25, 0.3) is 0 Å². The summed E-state index contributed by atoms with van der Waals surface area (Å²) in [5, 5.41) is 13.0. The zero-order valence-corrected chi connectivity index (χ0v) is 18.5. The van der Waals surface area contributed by atoms with Crippen LogP contribution in [-0.4, -0.2) is 21.7 Å². The number of rotatable bonds is 6. The predicted molar refractivity (Wildman–Crippen MR) is 131 cm³/mol. The average molecular weight is 440 g/mol. The van der Waals surface area contributed by atoms with Crippen LogP contribution in [0.1, 0.15) is 17.0 Å². The first kappa shape index (κ1) is 21.8. The molecule has 4 aromatic rings. The highest BCUT2D eigenvalue weighted by atomic mass is 16.2. The van der Waals surface area contributed by atoms with Gasteiger partial charge in [0.15, 0.2) is 0 Å². The quantitative estimate of drug-likeness (QED) is 0.380. The highest BCUT2D eigenvalue weighted by Crippen LogP contribution is 2.20. The van der Waals surface area contributed by atoms with Crippen molar-refractivity contribution in [2.45, 2.75) is 20.3 Å². The van der Waals surface area contributed by atoms with E-state index in [1.54, 1.807) is 24.3 Å². The van der Waals surface area contributed by atoms with E-state index in [1.807, 2.05) is 79.2 Å². The molecule has 1 heterocycles. The zero-order valence-electron chi connectivity index (χ0n) is 18.5. The van der Waals surface area contributed by atoms with E-state index in [2.05, 4.69) is 21.0 Å². The molecule has 166 valence electrons. The largest absolute Gasteiger partial charge is 0.326 e. The number of aromatic nitrogens is 2. The second-order valence-corrected chi connectivity index (χ2v) is 7.64. The summed E-state index contributed by atoms with van der Waals surface area (Å²) >= 11 is 0. The van der Waals surface area contributed by atoms with Crippen molar-refractivity contribution in [2.75, 3.05) is 16.0 Å². The van der Waals surface area contributed by atoms with Crippen LogP contribution < -0.4 is 16.0 Å². The summed E-state index contributed by atoms with van der Waals surface area (Å²) in [5.41, 5.74) is 5.63. The molecule has 0 saturated heterocycles. The number of nitrogens with one attached hydrogen (secondary N) is 3. The monoisotopic (exact) mass is 439 g/mol. The summed E-state index contributed by atoms with van der Waals surface area (Å²) in [6, 6.07) is 25.7. The number of carbonyl (C=O) groups is 2. The van der Waals surface area contributed by atoms with Crippen LogP contribution in [0.4, 0.5) is 21.9 Å². The molecule has 0 radical (unpaired) electrons. The van der Waals surface area contributed by atoms with Crippen LogP contribution in [0, 0.1) is 13.8 Å². The topological polar surface area (TPSA) is 88.1 Å². The maximum absolute atomic E-state index is 12.7. The number of benzene rings is 3. The van der Waals surface area contributed by atoms with E-state index in [4.69, 9.17) is 0 Å². The van der Waals surface area contributed by atoms with Gasteiger partial charge in [-0.1, -0.05) is 36.4 Å². The minimum Gasteiger partial charge on any atom is -0.326 e. The number of urea groups is 1. The summed E-state index contributed by atoms with van der Waals surface area (Å²) in [6.45, 7) is 3.88. The molecule has 3 amide bonds. The molecule has 0 saturated carbocycles. The van der Waals surface area contributed by atoms with Crippen molar-refractivity contribution >= 4 is 29.0 Å². The first-order valence-corrected chi connectivity index (χ1v) is 10.6. The van der Waals surface area contributed by atoms with Gasteiger partial charge in [0.1, 0.15) is 0 Å². The molecule has 3 N–H and O–H groups in total. The zero-order chi connectivity index (χ0) is 23.2. The van der Waals surface area contributed by atoms with Gasteiger partial charge in [-0.15, -0.1) is 0 Å². The normalized spacial score (nSPS) is 10.5. The second kappa shape index (κ2) is 9.82. The number of amides is 3. The van der Waals surface area contributed by atoms with Crippen molar-refractivity contribution < 1.29 is 9.59 Å². The van der Waals surface area contributed by atoms with Crippen molar-refractivity contribution in [1.82, 2.24) is 9.78 Å². The van der Waals surface area contributed by atoms with Gasteiger partial charge < -0.3 is 16.0 Å². The molecule has 0 atom stereocenters. The predicted octanol–water partition coefficient (Wildman–Crippen LogP) is 5.31. The highest BCUT2D eigenvalue weighted by molar-refractivity contribution is 6.00. The Bertz CT molecular complexity index is 1250. The second-order valence-electron chi connectivity index (χ2n) is 7.64. The molecular weight excluding hydrogens is 414 g/mol. The third-order valence-electron chi connectivity index (χ3n) is 5.24. The van der Waals surface area contributed by atoms with E-state index in [1.165, 1.54) is 0 Å². The summed E-state index contributed by atoms with van der Waals surface area (Å²) in [6.07, 6.45) is 0.226. The maximum Gasteiger partial charge on any atom is 0.323 e. The molecule has 33 heavy (non-hydrogen) atoms. The first-order valence-electron chi connectivity index (χ1n) is 10.6. The lowest BCUT2D eigenvalue weighted by Crippen LogP contribution is -2.19. The summed E-state index contributed by atoms with van der Waals surface area (Å²) < 4.78 is 1.86. The van der Waals surface area contributed by atoms with Gasteiger partial charge in [0, 0.05) is 28.3 Å². The minimum atomic E-state index is -0.334. The van der Waals surface area contributed by atoms with Crippen LogP contribution >= 0.6 is 0 Å². The third-order valence-corrected chi connectivity index (χ3v) is 5.24. The van der Waals surface area contributed by atoms with E-state index < -0.39 is 0 Å². The molecule has 4 rings (SSSR count). The lowest BCUT2D eigenvalue weighted by molar-refractivity contribution is -0.115. The lowest BCUT2D eigenvalue weighted by Gasteiger charge is -2.09. The van der Waals surface area contributed by atoms with Crippen LogP contribution in [-0.2, 0) is 11.2 Å². The molecule has 1 aromatic heterocycles. The smallest absolute Gasteiger partial charge is 0.323 e. The Morgan fingerprint density at radius 1 is 0.727 bits per heavy atom. The van der Waals surface area contributed by atoms with Crippen molar-refractivity contribution in [2.24, 2.45) is 0 Å². The van der Waals surface area contributed by atoms with E-state index in [9.17, 15) is 9.59 Å². The van der Waals surface area contributed by atoms with Crippen molar-refractivity contribution in [3.8, 4) is 5.69 Å². The van der Waals surface area contributed by atoms with Gasteiger partial charge in [-0.25, -0.2) is 9.48 Å². The Kier molecular flexibility index (Phi) is 6.50. The average Bonchev–Trinajstić information content (AvgIpc) is 3.10. The van der Waals surface area contributed by atoms with Crippen molar-refractivity contribution in [3.63, 3.8) is 0 Å². The summed E-state index contributed by atoms with van der Waals surface area (Å²) in [7, 11) is 0. The fourth-order valence-corrected chi connectivity index (χ4v) is 3.57. The van der Waals surface area contributed by atoms with Crippen LogP contribution in [0.25, 0.3) is 5.69 Å². The molecule has 3 aromatic carbocycles. The SMILES string of the molecule is Cc1nn(-c2ccccc2)c(C)c1CC(=O)Nc1ccc(NC(=O)Nc2ccccc2)cc1. The summed E-state index contributed by atoms with van der Waals surface area (Å²) in [4.78, 5) is 24.8. The number of anilines is 3. The van der Waals surface area contributed by atoms with Crippen LogP contribution in [0.2, 0.25) is 0 Å². The Hall–Kier alpha value is -4.39. The minimum absolute atomic E-state index is 0.128. The fraction of sp³-hybridized carbons (Fsp3) is 0.115. The van der Waals surface area contributed by atoms with Gasteiger partial charge in [-0.3, -0.25) is 4.79 Å². The fourth-order valence-electron chi connectivity index (χ4n) is 3.57. The molecule has 0 unspecified atom stereocenters. The number of carbonyl (C=O) groups excluding carboxylic acids is 2. The summed E-state index contributed by atoms with van der Waals surface area (Å²) in [5.74, 6) is -0.128.